The van der Waals surface area contributed by atoms with Gasteiger partial charge in [0.15, 0.2) is 0 Å². The van der Waals surface area contributed by atoms with E-state index in [1.54, 1.807) is 0 Å². The van der Waals surface area contributed by atoms with Crippen LogP contribution in [-0.4, -0.2) is 0 Å². The lowest BCUT2D eigenvalue weighted by Gasteiger charge is -2.15. The summed E-state index contributed by atoms with van der Waals surface area (Å²) >= 11 is 3.94. The molecular formula is C66H54S2. The molecule has 11 rings (SSSR count). The first kappa shape index (κ1) is 43.5. The van der Waals surface area contributed by atoms with Crippen LogP contribution >= 0.6 is 22.7 Å². The predicted molar refractivity (Wildman–Crippen MR) is 298 cm³/mol. The molecule has 0 aliphatic rings. The van der Waals surface area contributed by atoms with Crippen LogP contribution in [0.1, 0.15) is 51.3 Å². The molecule has 11 aromatic rings. The van der Waals surface area contributed by atoms with Crippen molar-refractivity contribution in [2.24, 2.45) is 0 Å². The molecule has 2 aromatic heterocycles. The molecule has 0 spiro atoms. The lowest BCUT2D eigenvalue weighted by atomic mass is 9.88. The van der Waals surface area contributed by atoms with E-state index in [1.165, 1.54) is 119 Å². The van der Waals surface area contributed by atoms with Gasteiger partial charge in [-0.1, -0.05) is 199 Å². The van der Waals surface area contributed by atoms with Crippen LogP contribution in [0.15, 0.2) is 218 Å². The highest BCUT2D eigenvalue weighted by Gasteiger charge is 2.27. The molecule has 9 aromatic carbocycles. The smallest absolute Gasteiger partial charge is 0.0437 e. The van der Waals surface area contributed by atoms with E-state index in [9.17, 15) is 0 Å². The van der Waals surface area contributed by atoms with Crippen molar-refractivity contribution in [3.63, 3.8) is 0 Å². The van der Waals surface area contributed by atoms with Gasteiger partial charge in [0, 0.05) is 41.1 Å². The van der Waals surface area contributed by atoms with Crippen molar-refractivity contribution in [3.8, 4) is 89.0 Å². The number of benzene rings is 9. The molecule has 0 N–H and O–H groups in total. The largest absolute Gasteiger partial charge is 0.139 e. The monoisotopic (exact) mass is 910 g/mol. The Kier molecular flexibility index (Phi) is 11.2. The van der Waals surface area contributed by atoms with E-state index >= 15 is 0 Å². The fourth-order valence-corrected chi connectivity index (χ4v) is 12.2. The van der Waals surface area contributed by atoms with Gasteiger partial charge in [-0.05, 0) is 149 Å². The van der Waals surface area contributed by atoms with Gasteiger partial charge in [0.25, 0.3) is 0 Å². The average molecular weight is 911 g/mol. The number of hydrogen-bond acceptors (Lipinski definition) is 2. The molecule has 0 fully saturated rings. The van der Waals surface area contributed by atoms with E-state index in [-0.39, 0.29) is 10.8 Å². The molecule has 0 radical (unpaired) electrons. The summed E-state index contributed by atoms with van der Waals surface area (Å²) in [6.45, 7) is 14.1. The van der Waals surface area contributed by atoms with Gasteiger partial charge in [-0.2, -0.15) is 0 Å². The average Bonchev–Trinajstić information content (AvgIpc) is 4.03. The van der Waals surface area contributed by atoms with Gasteiger partial charge in [0.1, 0.15) is 0 Å². The topological polar surface area (TPSA) is 0 Å². The minimum atomic E-state index is -0.0245. The second kappa shape index (κ2) is 17.5. The molecule has 0 unspecified atom stereocenters. The normalized spacial score (nSPS) is 12.0. The number of thiophene rings is 2. The van der Waals surface area contributed by atoms with Crippen LogP contribution in [0.2, 0.25) is 0 Å². The Morgan fingerprint density at radius 2 is 0.471 bits per heavy atom. The molecule has 68 heavy (non-hydrogen) atoms. The highest BCUT2D eigenvalue weighted by molar-refractivity contribution is 7.22. The third-order valence-electron chi connectivity index (χ3n) is 13.2. The third kappa shape index (κ3) is 8.45. The fraction of sp³-hybridized carbons (Fsp3) is 0.121. The molecule has 0 aliphatic heterocycles. The van der Waals surface area contributed by atoms with Crippen molar-refractivity contribution in [1.29, 1.82) is 0 Å². The Morgan fingerprint density at radius 1 is 0.235 bits per heavy atom. The summed E-state index contributed by atoms with van der Waals surface area (Å²) in [6.07, 6.45) is 0. The summed E-state index contributed by atoms with van der Waals surface area (Å²) in [6, 6.07) is 81.0. The molecule has 0 aliphatic carbocycles. The molecule has 0 amide bonds. The quantitative estimate of drug-likeness (QED) is 0.142. The van der Waals surface area contributed by atoms with E-state index in [2.05, 4.69) is 260 Å². The van der Waals surface area contributed by atoms with Crippen molar-refractivity contribution in [3.05, 3.63) is 228 Å². The van der Waals surface area contributed by atoms with Crippen LogP contribution in [-0.2, 0) is 10.8 Å². The summed E-state index contributed by atoms with van der Waals surface area (Å²) in [5.41, 5.74) is 19.7. The molecular weight excluding hydrogens is 857 g/mol. The van der Waals surface area contributed by atoms with E-state index in [1.807, 2.05) is 22.7 Å². The fourth-order valence-electron chi connectivity index (χ4n) is 9.57. The number of fused-ring (bicyclic) bond motifs is 2. The zero-order chi connectivity index (χ0) is 46.6. The lowest BCUT2D eigenvalue weighted by molar-refractivity contribution is 0.604. The van der Waals surface area contributed by atoms with E-state index in [0.29, 0.717) is 0 Å². The second-order valence-corrected chi connectivity index (χ2v) is 22.3. The third-order valence-corrected chi connectivity index (χ3v) is 16.4. The van der Waals surface area contributed by atoms with Crippen LogP contribution in [0.3, 0.4) is 0 Å². The Balaban J connectivity index is 1.13. The first-order valence-corrected chi connectivity index (χ1v) is 25.4. The molecule has 0 bridgehead atoms. The Hall–Kier alpha value is -7.10. The van der Waals surface area contributed by atoms with E-state index < -0.39 is 0 Å². The summed E-state index contributed by atoms with van der Waals surface area (Å²) < 4.78 is 2.69. The summed E-state index contributed by atoms with van der Waals surface area (Å²) in [5.74, 6) is 0. The van der Waals surface area contributed by atoms with E-state index in [4.69, 9.17) is 0 Å². The van der Waals surface area contributed by atoms with Crippen molar-refractivity contribution < 1.29 is 0 Å². The maximum atomic E-state index is 2.52. The SMILES string of the molecule is CC(C)(C)c1cc2c(-c3cccc(-c4cc(-c5ccccc5)cc(-c5ccccc5)c4)c3)c3sc(C(C)(C)C)cc3c(-c3cccc(-c4cc(-c5ccccc5)cc(-c5ccccc5)c4)c3)c2s1. The van der Waals surface area contributed by atoms with Gasteiger partial charge in [-0.15, -0.1) is 22.7 Å². The summed E-state index contributed by atoms with van der Waals surface area (Å²) in [7, 11) is 0. The van der Waals surface area contributed by atoms with Crippen LogP contribution < -0.4 is 0 Å². The maximum absolute atomic E-state index is 2.52. The highest BCUT2D eigenvalue weighted by Crippen LogP contribution is 2.53. The van der Waals surface area contributed by atoms with Crippen LogP contribution in [0, 0.1) is 0 Å². The van der Waals surface area contributed by atoms with E-state index in [0.717, 1.165) is 0 Å². The standard InChI is InChI=1S/C66H54S2/c1-65(2,3)59-41-57-61(49-31-19-29-47(33-49)55-37-51(43-21-11-7-12-22-43)35-52(38-55)44-23-13-8-14-24-44)64-58(42-60(68-64)66(4,5)6)62(63(57)67-59)50-32-20-30-48(34-50)56-39-53(45-25-15-9-16-26-45)36-54(40-56)46-27-17-10-18-28-46/h7-42H,1-6H3. The molecule has 2 heteroatoms. The minimum Gasteiger partial charge on any atom is -0.139 e. The lowest BCUT2D eigenvalue weighted by Crippen LogP contribution is -2.07. The van der Waals surface area contributed by atoms with Gasteiger partial charge in [-0.25, -0.2) is 0 Å². The van der Waals surface area contributed by atoms with Crippen molar-refractivity contribution in [1.82, 2.24) is 0 Å². The Labute approximate surface area is 409 Å². The summed E-state index contributed by atoms with van der Waals surface area (Å²) in [4.78, 5) is 2.78. The van der Waals surface area contributed by atoms with Crippen LogP contribution in [0.4, 0.5) is 0 Å². The maximum Gasteiger partial charge on any atom is 0.0437 e. The van der Waals surface area contributed by atoms with Gasteiger partial charge in [0.05, 0.1) is 0 Å². The van der Waals surface area contributed by atoms with Gasteiger partial charge in [0.2, 0.25) is 0 Å². The predicted octanol–water partition coefficient (Wildman–Crippen LogP) is 20.0. The molecule has 330 valence electrons. The van der Waals surface area contributed by atoms with Gasteiger partial charge < -0.3 is 0 Å². The van der Waals surface area contributed by atoms with Crippen molar-refractivity contribution >= 4 is 42.8 Å². The van der Waals surface area contributed by atoms with Crippen molar-refractivity contribution in [2.75, 3.05) is 0 Å². The minimum absolute atomic E-state index is 0.0245. The molecule has 0 saturated heterocycles. The zero-order valence-electron chi connectivity index (χ0n) is 39.6. The molecule has 2 heterocycles. The first-order valence-electron chi connectivity index (χ1n) is 23.7. The first-order chi connectivity index (χ1) is 32.9. The summed E-state index contributed by atoms with van der Waals surface area (Å²) in [5, 5.41) is 2.65. The molecule has 0 nitrogen and oxygen atoms in total. The Morgan fingerprint density at radius 3 is 0.750 bits per heavy atom. The van der Waals surface area contributed by atoms with Gasteiger partial charge in [-0.3, -0.25) is 0 Å². The second-order valence-electron chi connectivity index (χ2n) is 20.2. The number of rotatable bonds is 8. The van der Waals surface area contributed by atoms with Gasteiger partial charge >= 0.3 is 0 Å². The molecule has 0 saturated carbocycles. The molecule has 0 atom stereocenters. The number of hydrogen-bond donors (Lipinski definition) is 0. The van der Waals surface area contributed by atoms with Crippen LogP contribution in [0.25, 0.3) is 109 Å². The van der Waals surface area contributed by atoms with Crippen molar-refractivity contribution in [2.45, 2.75) is 52.4 Å². The highest BCUT2D eigenvalue weighted by atomic mass is 32.1. The zero-order valence-corrected chi connectivity index (χ0v) is 41.2. The Bertz CT molecular complexity index is 3190. The van der Waals surface area contributed by atoms with Crippen LogP contribution in [0.5, 0.6) is 0 Å².